The van der Waals surface area contributed by atoms with E-state index < -0.39 is 57.4 Å². The highest BCUT2D eigenvalue weighted by Crippen LogP contribution is 2.36. The van der Waals surface area contributed by atoms with Crippen LogP contribution < -0.4 is 0 Å². The summed E-state index contributed by atoms with van der Waals surface area (Å²) in [4.78, 5) is 42.9. The van der Waals surface area contributed by atoms with Gasteiger partial charge in [0.05, 0.1) is 24.9 Å². The van der Waals surface area contributed by atoms with Crippen molar-refractivity contribution < 1.29 is 53.3 Å². The highest BCUT2D eigenvalue weighted by atomic mass is 31.2. The van der Waals surface area contributed by atoms with Gasteiger partial charge < -0.3 is 34.6 Å². The van der Waals surface area contributed by atoms with Crippen LogP contribution >= 0.6 is 7.82 Å². The molecule has 5 N–H and O–H groups in total. The van der Waals surface area contributed by atoms with E-state index in [4.69, 9.17) is 19.3 Å². The number of phosphoric ester groups is 1. The van der Waals surface area contributed by atoms with Gasteiger partial charge >= 0.3 is 19.8 Å². The molecule has 0 amide bonds. The van der Waals surface area contributed by atoms with Crippen LogP contribution in [0, 0.1) is 5.92 Å². The Bertz CT molecular complexity index is 1080. The summed E-state index contributed by atoms with van der Waals surface area (Å²) < 4.78 is 26.2. The molecule has 0 aliphatic carbocycles. The monoisotopic (exact) mass is 787 g/mol. The molecule has 0 fully saturated rings. The van der Waals surface area contributed by atoms with E-state index in [0.29, 0.717) is 6.42 Å². The van der Waals surface area contributed by atoms with Gasteiger partial charge in [-0.25, -0.2) is 4.57 Å². The van der Waals surface area contributed by atoms with Crippen LogP contribution in [0.25, 0.3) is 0 Å². The second-order valence-corrected chi connectivity index (χ2v) is 15.9. The number of phosphoric acid groups is 1. The van der Waals surface area contributed by atoms with Crippen LogP contribution in [0.15, 0.2) is 48.6 Å². The van der Waals surface area contributed by atoms with Gasteiger partial charge in [0, 0.05) is 12.8 Å². The molecule has 0 rings (SSSR count). The van der Waals surface area contributed by atoms with Crippen LogP contribution in [-0.4, -0.2) is 74.7 Å². The molecule has 0 spiro atoms. The average Bonchev–Trinajstić information content (AvgIpc) is 3.11. The molecule has 0 aliphatic rings. The van der Waals surface area contributed by atoms with Crippen LogP contribution in [0.5, 0.6) is 0 Å². The summed E-state index contributed by atoms with van der Waals surface area (Å²) in [6.07, 6.45) is 30.6. The van der Waals surface area contributed by atoms with Crippen molar-refractivity contribution in [2.24, 2.45) is 5.92 Å². The summed E-state index contributed by atoms with van der Waals surface area (Å²) in [5, 5.41) is 30.3. The minimum absolute atomic E-state index is 0.0857. The summed E-state index contributed by atoms with van der Waals surface area (Å²) in [5.41, 5.74) is 0. The van der Waals surface area contributed by atoms with E-state index in [1.807, 2.05) is 0 Å². The molecule has 12 heteroatoms. The van der Waals surface area contributed by atoms with Gasteiger partial charge in [0.2, 0.25) is 0 Å². The van der Waals surface area contributed by atoms with Gasteiger partial charge in [-0.15, -0.1) is 0 Å². The van der Waals surface area contributed by atoms with Gasteiger partial charge in [0.25, 0.3) is 0 Å². The minimum atomic E-state index is -4.84. The van der Waals surface area contributed by atoms with E-state index in [1.54, 1.807) is 42.5 Å². The first-order valence-electron chi connectivity index (χ1n) is 20.6. The Morgan fingerprint density at radius 1 is 0.593 bits per heavy atom. The van der Waals surface area contributed by atoms with Gasteiger partial charge in [-0.1, -0.05) is 172 Å². The lowest BCUT2D eigenvalue weighted by atomic mass is 10.0. The molecular weight excluding hydrogens is 711 g/mol. The Labute approximate surface area is 326 Å². The first-order chi connectivity index (χ1) is 25.8. The first kappa shape index (κ1) is 51.9. The molecule has 0 aliphatic heterocycles. The maximum atomic E-state index is 12.4. The lowest BCUT2D eigenvalue weighted by Gasteiger charge is -2.18. The van der Waals surface area contributed by atoms with Crippen molar-refractivity contribution in [2.45, 2.75) is 186 Å². The fourth-order valence-corrected chi connectivity index (χ4v) is 6.01. The normalized spacial score (nSPS) is 14.8. The third-order valence-corrected chi connectivity index (χ3v) is 9.38. The fraction of sp³-hybridized carbons (Fsp3) is 0.762. The predicted octanol–water partition coefficient (Wildman–Crippen LogP) is 9.12. The molecule has 0 heterocycles. The van der Waals surface area contributed by atoms with E-state index >= 15 is 0 Å². The molecule has 0 aromatic rings. The van der Waals surface area contributed by atoms with Crippen molar-refractivity contribution in [1.29, 1.82) is 0 Å². The number of aliphatic hydroxyl groups excluding tert-OH is 3. The number of carbonyl (C=O) groups is 2. The molecular formula is C42H75O11P. The van der Waals surface area contributed by atoms with Crippen molar-refractivity contribution in [3.05, 3.63) is 48.6 Å². The van der Waals surface area contributed by atoms with Crippen molar-refractivity contribution in [1.82, 2.24) is 0 Å². The highest BCUT2D eigenvalue weighted by molar-refractivity contribution is 7.46. The van der Waals surface area contributed by atoms with E-state index in [9.17, 15) is 29.5 Å². The molecule has 4 atom stereocenters. The minimum Gasteiger partial charge on any atom is -0.462 e. The zero-order chi connectivity index (χ0) is 40.3. The van der Waals surface area contributed by atoms with Crippen molar-refractivity contribution in [3.63, 3.8) is 0 Å². The standard InChI is InChI=1S/C42H75O11P/c1-4-5-21-28-37(43)29-23-18-15-16-19-24-30-39(44)40(45)31-26-33-41(46)51-34-38(35-52-54(48,49)50)53-42(47)32-25-20-14-12-10-8-6-7-9-11-13-17-22-27-36(2)3/h15-16,18-19,23-24,29-30,36-40,43-45H,4-14,17,20-22,25-28,31-35H2,1-3H3,(H2,48,49,50)/b18-15-,19-16+,29-23+,30-24+/t37-,38-,39-,40-/m1/s1. The lowest BCUT2D eigenvalue weighted by molar-refractivity contribution is -0.161. The van der Waals surface area contributed by atoms with Gasteiger partial charge in [-0.05, 0) is 31.6 Å². The van der Waals surface area contributed by atoms with E-state index in [2.05, 4.69) is 25.3 Å². The zero-order valence-corrected chi connectivity index (χ0v) is 34.5. The summed E-state index contributed by atoms with van der Waals surface area (Å²) in [6.45, 7) is 5.61. The second-order valence-electron chi connectivity index (χ2n) is 14.7. The quantitative estimate of drug-likeness (QED) is 0.0177. The number of aliphatic hydroxyl groups is 3. The lowest BCUT2D eigenvalue weighted by Crippen LogP contribution is -2.29. The third kappa shape index (κ3) is 36.8. The van der Waals surface area contributed by atoms with Gasteiger partial charge in [-0.3, -0.25) is 14.1 Å². The number of esters is 2. The Hall–Kier alpha value is -2.11. The molecule has 0 radical (unpaired) electrons. The fourth-order valence-electron chi connectivity index (χ4n) is 5.65. The smallest absolute Gasteiger partial charge is 0.462 e. The van der Waals surface area contributed by atoms with Crippen LogP contribution in [0.4, 0.5) is 0 Å². The number of ether oxygens (including phenoxy) is 2. The number of carbonyl (C=O) groups excluding carboxylic acids is 2. The summed E-state index contributed by atoms with van der Waals surface area (Å²) >= 11 is 0. The number of hydrogen-bond acceptors (Lipinski definition) is 9. The van der Waals surface area contributed by atoms with Crippen molar-refractivity contribution >= 4 is 19.8 Å². The van der Waals surface area contributed by atoms with E-state index in [-0.39, 0.29) is 25.7 Å². The van der Waals surface area contributed by atoms with Crippen LogP contribution in [0.2, 0.25) is 0 Å². The number of unbranched alkanes of at least 4 members (excludes halogenated alkanes) is 14. The Morgan fingerprint density at radius 3 is 1.65 bits per heavy atom. The molecule has 0 bridgehead atoms. The summed E-state index contributed by atoms with van der Waals surface area (Å²) in [5.74, 6) is -0.409. The topological polar surface area (TPSA) is 180 Å². The van der Waals surface area contributed by atoms with Crippen molar-refractivity contribution in [3.8, 4) is 0 Å². The largest absolute Gasteiger partial charge is 0.469 e. The van der Waals surface area contributed by atoms with Gasteiger partial charge in [0.15, 0.2) is 6.10 Å². The average molecular weight is 787 g/mol. The van der Waals surface area contributed by atoms with Crippen LogP contribution in [0.3, 0.4) is 0 Å². The molecule has 0 aromatic heterocycles. The third-order valence-electron chi connectivity index (χ3n) is 8.89. The molecule has 11 nitrogen and oxygen atoms in total. The van der Waals surface area contributed by atoms with Crippen LogP contribution in [-0.2, 0) is 28.2 Å². The molecule has 0 unspecified atom stereocenters. The maximum absolute atomic E-state index is 12.4. The number of hydrogen-bond donors (Lipinski definition) is 5. The summed E-state index contributed by atoms with van der Waals surface area (Å²) in [7, 11) is -4.84. The maximum Gasteiger partial charge on any atom is 0.469 e. The van der Waals surface area contributed by atoms with E-state index in [1.165, 1.54) is 70.3 Å². The van der Waals surface area contributed by atoms with Crippen LogP contribution in [0.1, 0.15) is 162 Å². The van der Waals surface area contributed by atoms with Gasteiger partial charge in [0.1, 0.15) is 6.61 Å². The second kappa shape index (κ2) is 35.3. The molecule has 0 aromatic carbocycles. The number of allylic oxidation sites excluding steroid dienone is 6. The molecule has 314 valence electrons. The predicted molar refractivity (Wildman–Crippen MR) is 216 cm³/mol. The SMILES string of the molecule is CCCCC[C@@H](O)/C=C/C=C\C=C\C=C\[C@@H](O)[C@H](O)CCCC(=O)OC[C@H](COP(=O)(O)O)OC(=O)CCCCCCCCCCCCCCCC(C)C. The van der Waals surface area contributed by atoms with E-state index in [0.717, 1.165) is 50.9 Å². The first-order valence-corrected chi connectivity index (χ1v) is 22.1. The number of rotatable bonds is 36. The highest BCUT2D eigenvalue weighted by Gasteiger charge is 2.23. The molecule has 54 heavy (non-hydrogen) atoms. The zero-order valence-electron chi connectivity index (χ0n) is 33.6. The Kier molecular flexibility index (Phi) is 33.9. The Morgan fingerprint density at radius 2 is 1.09 bits per heavy atom. The van der Waals surface area contributed by atoms with Gasteiger partial charge in [-0.2, -0.15) is 0 Å². The van der Waals surface area contributed by atoms with Crippen molar-refractivity contribution in [2.75, 3.05) is 13.2 Å². The Balaban J connectivity index is 4.26. The summed E-state index contributed by atoms with van der Waals surface area (Å²) in [6, 6.07) is 0. The molecule has 0 saturated carbocycles. The molecule has 0 saturated heterocycles.